The van der Waals surface area contributed by atoms with Crippen molar-refractivity contribution in [2.24, 2.45) is 0 Å². The molecule has 0 nitrogen and oxygen atoms in total. The lowest BCUT2D eigenvalue weighted by molar-refractivity contribution is 0.584. The van der Waals surface area contributed by atoms with Crippen LogP contribution in [0.15, 0.2) is 84.9 Å². The van der Waals surface area contributed by atoms with Crippen LogP contribution in [0, 0.1) is 34.6 Å². The first-order valence-corrected chi connectivity index (χ1v) is 18.9. The summed E-state index contributed by atoms with van der Waals surface area (Å²) in [6.07, 6.45) is 4.87. The Labute approximate surface area is 303 Å². The summed E-state index contributed by atoms with van der Waals surface area (Å²) in [5.74, 6) is 0. The molecular weight excluding hydrogens is 601 g/mol. The van der Waals surface area contributed by atoms with Gasteiger partial charge in [-0.15, -0.1) is 0 Å². The second-order valence-electron chi connectivity index (χ2n) is 17.0. The van der Waals surface area contributed by atoms with Gasteiger partial charge in [-0.1, -0.05) is 140 Å². The van der Waals surface area contributed by atoms with Gasteiger partial charge in [0.05, 0.1) is 0 Å². The second-order valence-corrected chi connectivity index (χ2v) is 17.0. The van der Waals surface area contributed by atoms with Crippen LogP contribution in [-0.4, -0.2) is 0 Å². The summed E-state index contributed by atoms with van der Waals surface area (Å²) in [5, 5.41) is 5.23. The van der Waals surface area contributed by atoms with Crippen LogP contribution in [0.2, 0.25) is 0 Å². The highest BCUT2D eigenvalue weighted by molar-refractivity contribution is 6.11. The maximum absolute atomic E-state index is 2.52. The number of hydrogen-bond acceptors (Lipinski definition) is 0. The summed E-state index contributed by atoms with van der Waals surface area (Å²) in [6, 6.07) is 32.9. The van der Waals surface area contributed by atoms with Gasteiger partial charge < -0.3 is 0 Å². The van der Waals surface area contributed by atoms with E-state index in [2.05, 4.69) is 168 Å². The average Bonchev–Trinajstić information content (AvgIpc) is 3.05. The zero-order chi connectivity index (χ0) is 36.1. The zero-order valence-corrected chi connectivity index (χ0v) is 32.9. The van der Waals surface area contributed by atoms with Crippen LogP contribution in [0.1, 0.15) is 112 Å². The van der Waals surface area contributed by atoms with Gasteiger partial charge in [-0.3, -0.25) is 0 Å². The van der Waals surface area contributed by atoms with Crippen molar-refractivity contribution in [2.45, 2.75) is 120 Å². The summed E-state index contributed by atoms with van der Waals surface area (Å²) >= 11 is 0. The van der Waals surface area contributed by atoms with Crippen molar-refractivity contribution < 1.29 is 0 Å². The predicted molar refractivity (Wildman–Crippen MR) is 222 cm³/mol. The standard InChI is InChI=1S/C50H58/c1-13-14-15-20-36-27-42(33(4)46(28-36)50(10,11)12)44-30-38-22-17-19-24-40(38)48(35(44)6)47-34(5)43(29-37-21-16-18-23-39(37)47)41-25-31(2)26-45(32(41)3)49(7,8)9/h16-19,21-30H,13-15,20H2,1-12H3. The number of benzene rings is 6. The highest BCUT2D eigenvalue weighted by Crippen LogP contribution is 2.47. The normalized spacial score (nSPS) is 12.3. The van der Waals surface area contributed by atoms with Crippen LogP contribution in [0.4, 0.5) is 0 Å². The molecule has 0 amide bonds. The van der Waals surface area contributed by atoms with Crippen molar-refractivity contribution in [3.63, 3.8) is 0 Å². The van der Waals surface area contributed by atoms with E-state index in [0.717, 1.165) is 6.42 Å². The Balaban J connectivity index is 1.73. The SMILES string of the molecule is CCCCCc1cc(-c2cc3ccccc3c(-c3c(C)c(-c4cc(C)cc(C(C)(C)C)c4C)cc4ccccc34)c2C)c(C)c(C(C)(C)C)c1. The lowest BCUT2D eigenvalue weighted by atomic mass is 9.77. The fraction of sp³-hybridized carbons (Fsp3) is 0.360. The van der Waals surface area contributed by atoms with Gasteiger partial charge in [-0.2, -0.15) is 0 Å². The number of rotatable bonds is 7. The van der Waals surface area contributed by atoms with Crippen LogP contribution in [0.5, 0.6) is 0 Å². The largest absolute Gasteiger partial charge is 0.0654 e. The molecule has 6 aromatic rings. The van der Waals surface area contributed by atoms with Crippen LogP contribution in [-0.2, 0) is 17.3 Å². The molecule has 0 heterocycles. The molecule has 0 aliphatic carbocycles. The molecule has 0 unspecified atom stereocenters. The molecule has 0 radical (unpaired) electrons. The molecule has 0 aliphatic heterocycles. The van der Waals surface area contributed by atoms with Gasteiger partial charge in [0.1, 0.15) is 0 Å². The van der Waals surface area contributed by atoms with Gasteiger partial charge in [0.25, 0.3) is 0 Å². The van der Waals surface area contributed by atoms with Crippen molar-refractivity contribution >= 4 is 21.5 Å². The summed E-state index contributed by atoms with van der Waals surface area (Å²) < 4.78 is 0. The van der Waals surface area contributed by atoms with Crippen LogP contribution >= 0.6 is 0 Å². The Morgan fingerprint density at radius 1 is 0.460 bits per heavy atom. The van der Waals surface area contributed by atoms with Gasteiger partial charge >= 0.3 is 0 Å². The Morgan fingerprint density at radius 3 is 1.38 bits per heavy atom. The van der Waals surface area contributed by atoms with Crippen LogP contribution < -0.4 is 0 Å². The summed E-state index contributed by atoms with van der Waals surface area (Å²) in [7, 11) is 0. The molecule has 6 aromatic carbocycles. The summed E-state index contributed by atoms with van der Waals surface area (Å²) in [5.41, 5.74) is 19.4. The van der Waals surface area contributed by atoms with E-state index in [0.29, 0.717) is 0 Å². The van der Waals surface area contributed by atoms with Crippen molar-refractivity contribution in [1.82, 2.24) is 0 Å². The first kappa shape index (κ1) is 35.7. The van der Waals surface area contributed by atoms with E-state index in [9.17, 15) is 0 Å². The number of unbranched alkanes of at least 4 members (excludes halogenated alkanes) is 2. The molecule has 0 aliphatic rings. The first-order chi connectivity index (χ1) is 23.6. The van der Waals surface area contributed by atoms with Gasteiger partial charge in [-0.05, 0) is 164 Å². The molecule has 0 saturated carbocycles. The van der Waals surface area contributed by atoms with Crippen molar-refractivity contribution in [2.75, 3.05) is 0 Å². The van der Waals surface area contributed by atoms with Crippen molar-refractivity contribution in [3.05, 3.63) is 129 Å². The summed E-state index contributed by atoms with van der Waals surface area (Å²) in [4.78, 5) is 0. The molecule has 258 valence electrons. The monoisotopic (exact) mass is 658 g/mol. The number of aryl methyl sites for hydroxylation is 2. The zero-order valence-electron chi connectivity index (χ0n) is 32.9. The van der Waals surface area contributed by atoms with E-state index in [4.69, 9.17) is 0 Å². The Hall–Kier alpha value is -4.16. The maximum atomic E-state index is 2.52. The van der Waals surface area contributed by atoms with Gasteiger partial charge in [0.15, 0.2) is 0 Å². The number of hydrogen-bond donors (Lipinski definition) is 0. The summed E-state index contributed by atoms with van der Waals surface area (Å²) in [6.45, 7) is 28.1. The molecule has 0 bridgehead atoms. The van der Waals surface area contributed by atoms with Crippen LogP contribution in [0.3, 0.4) is 0 Å². The topological polar surface area (TPSA) is 0 Å². The molecule has 0 aromatic heterocycles. The Bertz CT molecular complexity index is 2230. The fourth-order valence-electron chi connectivity index (χ4n) is 8.58. The van der Waals surface area contributed by atoms with Gasteiger partial charge in [-0.25, -0.2) is 0 Å². The second kappa shape index (κ2) is 13.5. The minimum atomic E-state index is 0.0614. The minimum absolute atomic E-state index is 0.0614. The highest BCUT2D eigenvalue weighted by Gasteiger charge is 2.25. The Morgan fingerprint density at radius 2 is 0.900 bits per heavy atom. The third-order valence-electron chi connectivity index (χ3n) is 11.2. The highest BCUT2D eigenvalue weighted by atomic mass is 14.3. The average molecular weight is 659 g/mol. The molecule has 6 rings (SSSR count). The fourth-order valence-corrected chi connectivity index (χ4v) is 8.58. The predicted octanol–water partition coefficient (Wildman–Crippen LogP) is 14.9. The van der Waals surface area contributed by atoms with Gasteiger partial charge in [0, 0.05) is 0 Å². The van der Waals surface area contributed by atoms with E-state index in [1.165, 1.54) is 119 Å². The van der Waals surface area contributed by atoms with E-state index >= 15 is 0 Å². The Kier molecular flexibility index (Phi) is 9.64. The third-order valence-corrected chi connectivity index (χ3v) is 11.2. The lowest BCUT2D eigenvalue weighted by Gasteiger charge is -2.27. The molecule has 50 heavy (non-hydrogen) atoms. The quantitative estimate of drug-likeness (QED) is 0.150. The van der Waals surface area contributed by atoms with E-state index < -0.39 is 0 Å². The maximum Gasteiger partial charge on any atom is -0.00608 e. The van der Waals surface area contributed by atoms with Gasteiger partial charge in [0.2, 0.25) is 0 Å². The van der Waals surface area contributed by atoms with E-state index in [1.807, 2.05) is 0 Å². The number of fused-ring (bicyclic) bond motifs is 2. The van der Waals surface area contributed by atoms with E-state index in [-0.39, 0.29) is 10.8 Å². The molecule has 0 fully saturated rings. The minimum Gasteiger partial charge on any atom is -0.0654 e. The van der Waals surface area contributed by atoms with Crippen LogP contribution in [0.25, 0.3) is 54.9 Å². The molecular formula is C50H58. The van der Waals surface area contributed by atoms with Crippen molar-refractivity contribution in [3.8, 4) is 33.4 Å². The first-order valence-electron chi connectivity index (χ1n) is 18.9. The third kappa shape index (κ3) is 6.55. The van der Waals surface area contributed by atoms with E-state index in [1.54, 1.807) is 0 Å². The molecule has 0 saturated heterocycles. The molecule has 0 heteroatoms. The van der Waals surface area contributed by atoms with Crippen molar-refractivity contribution in [1.29, 1.82) is 0 Å². The smallest absolute Gasteiger partial charge is 0.00608 e. The molecule has 0 spiro atoms. The lowest BCUT2D eigenvalue weighted by Crippen LogP contribution is -2.14. The molecule has 0 atom stereocenters. The molecule has 0 N–H and O–H groups in total.